The van der Waals surface area contributed by atoms with Crippen molar-refractivity contribution in [2.75, 3.05) is 13.2 Å². The van der Waals surface area contributed by atoms with E-state index in [-0.39, 0.29) is 19.1 Å². The number of hydrogen-bond donors (Lipinski definition) is 1. The summed E-state index contributed by atoms with van der Waals surface area (Å²) in [4.78, 5) is 24.8. The van der Waals surface area contributed by atoms with Gasteiger partial charge in [0.1, 0.15) is 16.7 Å². The van der Waals surface area contributed by atoms with Crippen LogP contribution in [-0.4, -0.2) is 31.1 Å². The first-order chi connectivity index (χ1) is 13.8. The van der Waals surface area contributed by atoms with Crippen molar-refractivity contribution in [3.63, 3.8) is 0 Å². The number of hydrogen-bond acceptors (Lipinski definition) is 5. The summed E-state index contributed by atoms with van der Waals surface area (Å²) in [6.45, 7) is 1.48. The summed E-state index contributed by atoms with van der Waals surface area (Å²) in [6.07, 6.45) is -0.552. The topological polar surface area (TPSA) is 64.6 Å². The van der Waals surface area contributed by atoms with Crippen molar-refractivity contribution in [3.05, 3.63) is 62.4 Å². The van der Waals surface area contributed by atoms with Crippen LogP contribution in [0, 0.1) is 0 Å². The maximum Gasteiger partial charge on any atom is 0.344 e. The lowest BCUT2D eigenvalue weighted by Crippen LogP contribution is -2.34. The zero-order valence-corrected chi connectivity index (χ0v) is 18.3. The van der Waals surface area contributed by atoms with Crippen molar-refractivity contribution in [1.29, 1.82) is 0 Å². The Morgan fingerprint density at radius 1 is 1.14 bits per heavy atom. The van der Waals surface area contributed by atoms with E-state index in [4.69, 9.17) is 44.3 Å². The summed E-state index contributed by atoms with van der Waals surface area (Å²) in [5, 5.41) is 4.74. The first-order valence-electron chi connectivity index (χ1n) is 8.57. The van der Waals surface area contributed by atoms with Crippen molar-refractivity contribution in [2.45, 2.75) is 13.0 Å². The average molecular weight is 473 g/mol. The molecule has 0 aliphatic heterocycles. The Labute approximate surface area is 186 Å². The first-order valence-corrected chi connectivity index (χ1v) is 10.5. The molecule has 0 aliphatic rings. The number of benzene rings is 2. The number of thiophene rings is 1. The Hall–Kier alpha value is -1.99. The van der Waals surface area contributed by atoms with Crippen LogP contribution in [0.15, 0.2) is 42.5 Å². The molecule has 0 saturated carbocycles. The minimum absolute atomic E-state index is 0.136. The maximum atomic E-state index is 12.4. The lowest BCUT2D eigenvalue weighted by molar-refractivity contribution is -0.150. The Bertz CT molecular complexity index is 1050. The largest absolute Gasteiger partial charge is 0.480 e. The van der Waals surface area contributed by atoms with Gasteiger partial charge in [-0.2, -0.15) is 0 Å². The summed E-state index contributed by atoms with van der Waals surface area (Å²) in [7, 11) is 0. The third-order valence-electron chi connectivity index (χ3n) is 3.86. The van der Waals surface area contributed by atoms with E-state index in [1.807, 2.05) is 24.3 Å². The van der Waals surface area contributed by atoms with Gasteiger partial charge in [-0.05, 0) is 31.2 Å². The van der Waals surface area contributed by atoms with Gasteiger partial charge in [-0.25, -0.2) is 4.79 Å². The summed E-state index contributed by atoms with van der Waals surface area (Å²) in [6, 6.07) is 12.2. The third-order valence-corrected chi connectivity index (χ3v) is 6.07. The normalized spacial score (nSPS) is 11.9. The number of carbonyl (C=O) groups is 2. The number of nitrogens with one attached hydrogen (secondary N) is 1. The Morgan fingerprint density at radius 2 is 1.90 bits per heavy atom. The molecule has 1 aromatic heterocycles. The van der Waals surface area contributed by atoms with Crippen LogP contribution >= 0.6 is 46.1 Å². The van der Waals surface area contributed by atoms with Crippen LogP contribution in [0.5, 0.6) is 5.75 Å². The van der Waals surface area contributed by atoms with Gasteiger partial charge in [0.2, 0.25) is 0 Å². The monoisotopic (exact) mass is 471 g/mol. The molecule has 0 bridgehead atoms. The van der Waals surface area contributed by atoms with Crippen LogP contribution in [0.25, 0.3) is 10.1 Å². The fourth-order valence-electron chi connectivity index (χ4n) is 2.51. The molecule has 1 atom stereocenters. The molecule has 1 heterocycles. The molecule has 5 nitrogen and oxygen atoms in total. The molecule has 0 fully saturated rings. The number of carbonyl (C=O) groups excluding carboxylic acids is 2. The summed E-state index contributed by atoms with van der Waals surface area (Å²) < 4.78 is 11.5. The SMILES string of the molecule is C[C@H](CNC(=O)c1sc2ccccc2c1Cl)OC(=O)COc1ccc(Cl)cc1Cl. The predicted octanol–water partition coefficient (Wildman–Crippen LogP) is 5.60. The van der Waals surface area contributed by atoms with E-state index in [0.29, 0.717) is 25.7 Å². The summed E-state index contributed by atoms with van der Waals surface area (Å²) >= 11 is 19.4. The molecule has 3 aromatic rings. The molecule has 0 saturated heterocycles. The molecule has 3 rings (SSSR count). The van der Waals surface area contributed by atoms with Gasteiger partial charge >= 0.3 is 5.97 Å². The highest BCUT2D eigenvalue weighted by Crippen LogP contribution is 2.35. The molecule has 2 aromatic carbocycles. The van der Waals surface area contributed by atoms with Gasteiger partial charge in [0.15, 0.2) is 6.61 Å². The van der Waals surface area contributed by atoms with E-state index in [1.165, 1.54) is 17.4 Å². The third kappa shape index (κ3) is 5.54. The van der Waals surface area contributed by atoms with Gasteiger partial charge in [0.25, 0.3) is 5.91 Å². The van der Waals surface area contributed by atoms with E-state index in [9.17, 15) is 9.59 Å². The predicted molar refractivity (Wildman–Crippen MR) is 117 cm³/mol. The summed E-state index contributed by atoms with van der Waals surface area (Å²) in [5.41, 5.74) is 0. The quantitative estimate of drug-likeness (QED) is 0.454. The van der Waals surface area contributed by atoms with Crippen LogP contribution in [-0.2, 0) is 9.53 Å². The minimum Gasteiger partial charge on any atom is -0.480 e. The van der Waals surface area contributed by atoms with Gasteiger partial charge in [-0.3, -0.25) is 4.79 Å². The second-order valence-corrected chi connectivity index (χ2v) is 8.39. The minimum atomic E-state index is -0.585. The molecule has 0 radical (unpaired) electrons. The van der Waals surface area contributed by atoms with Crippen LogP contribution in [0.4, 0.5) is 0 Å². The second kappa shape index (κ2) is 9.67. The highest BCUT2D eigenvalue weighted by atomic mass is 35.5. The van der Waals surface area contributed by atoms with Gasteiger partial charge in [0, 0.05) is 15.1 Å². The molecule has 0 aliphatic carbocycles. The molecule has 0 spiro atoms. The smallest absolute Gasteiger partial charge is 0.344 e. The summed E-state index contributed by atoms with van der Waals surface area (Å²) in [5.74, 6) is -0.575. The second-order valence-electron chi connectivity index (χ2n) is 6.12. The van der Waals surface area contributed by atoms with Crippen molar-refractivity contribution in [3.8, 4) is 5.75 Å². The van der Waals surface area contributed by atoms with E-state index in [2.05, 4.69) is 5.32 Å². The van der Waals surface area contributed by atoms with Crippen LogP contribution < -0.4 is 10.1 Å². The van der Waals surface area contributed by atoms with Crippen molar-refractivity contribution in [1.82, 2.24) is 5.32 Å². The zero-order valence-electron chi connectivity index (χ0n) is 15.2. The van der Waals surface area contributed by atoms with Gasteiger partial charge < -0.3 is 14.8 Å². The molecule has 1 N–H and O–H groups in total. The lowest BCUT2D eigenvalue weighted by Gasteiger charge is -2.14. The molecule has 152 valence electrons. The van der Waals surface area contributed by atoms with E-state index in [1.54, 1.807) is 19.1 Å². The van der Waals surface area contributed by atoms with Crippen LogP contribution in [0.3, 0.4) is 0 Å². The number of ether oxygens (including phenoxy) is 2. The standard InChI is InChI=1S/C20H16Cl3NO4S/c1-11(28-17(25)10-27-15-7-6-12(21)8-14(15)22)9-24-20(26)19-18(23)13-4-2-3-5-16(13)29-19/h2-8,11H,9-10H2,1H3,(H,24,26)/t11-/m1/s1. The zero-order chi connectivity index (χ0) is 21.0. The maximum absolute atomic E-state index is 12.4. The van der Waals surface area contributed by atoms with Gasteiger partial charge in [-0.15, -0.1) is 11.3 Å². The first kappa shape index (κ1) is 21.7. The number of amides is 1. The van der Waals surface area contributed by atoms with Crippen molar-refractivity contribution in [2.24, 2.45) is 0 Å². The molecular weight excluding hydrogens is 457 g/mol. The Balaban J connectivity index is 1.48. The molecule has 0 unspecified atom stereocenters. The number of esters is 1. The van der Waals surface area contributed by atoms with Crippen LogP contribution in [0.2, 0.25) is 15.1 Å². The van der Waals surface area contributed by atoms with Gasteiger partial charge in [0.05, 0.1) is 16.6 Å². The van der Waals surface area contributed by atoms with Gasteiger partial charge in [-0.1, -0.05) is 53.0 Å². The molecule has 29 heavy (non-hydrogen) atoms. The fourth-order valence-corrected chi connectivity index (χ4v) is 4.40. The van der Waals surface area contributed by atoms with Crippen molar-refractivity contribution < 1.29 is 19.1 Å². The highest BCUT2D eigenvalue weighted by molar-refractivity contribution is 7.21. The Kier molecular flexibility index (Phi) is 7.24. The number of fused-ring (bicyclic) bond motifs is 1. The van der Waals surface area contributed by atoms with Crippen molar-refractivity contribution >= 4 is 68.1 Å². The number of halogens is 3. The molecule has 1 amide bonds. The highest BCUT2D eigenvalue weighted by Gasteiger charge is 2.18. The van der Waals surface area contributed by atoms with E-state index < -0.39 is 12.1 Å². The fraction of sp³-hybridized carbons (Fsp3) is 0.200. The van der Waals surface area contributed by atoms with E-state index >= 15 is 0 Å². The number of rotatable bonds is 7. The Morgan fingerprint density at radius 3 is 2.62 bits per heavy atom. The lowest BCUT2D eigenvalue weighted by atomic mass is 10.2. The van der Waals surface area contributed by atoms with Crippen LogP contribution in [0.1, 0.15) is 16.6 Å². The molecule has 9 heteroatoms. The molecular formula is C20H16Cl3NO4S. The van der Waals surface area contributed by atoms with E-state index in [0.717, 1.165) is 10.1 Å². The average Bonchev–Trinajstić information content (AvgIpc) is 3.02.